The SMILES string of the molecule is CCNC(=NCc1ccc(N(CC)CC)c(F)c1)N1CCOC(c2cnn(C)c2)C1.I. The first-order valence-corrected chi connectivity index (χ1v) is 10.7. The van der Waals surface area contributed by atoms with Crippen molar-refractivity contribution >= 4 is 35.6 Å². The normalized spacial score (nSPS) is 16.7. The number of aryl methyl sites for hydroxylation is 1. The van der Waals surface area contributed by atoms with Gasteiger partial charge in [-0.1, -0.05) is 6.07 Å². The lowest BCUT2D eigenvalue weighted by molar-refractivity contribution is -0.00805. The number of anilines is 1. The first kappa shape index (κ1) is 25.4. The van der Waals surface area contributed by atoms with Crippen molar-refractivity contribution in [1.29, 1.82) is 0 Å². The standard InChI is InChI=1S/C22H33FN6O.HI/c1-5-24-22(29-10-11-30-21(16-29)18-14-26-27(4)15-18)25-13-17-8-9-20(19(23)12-17)28(6-2)7-3;/h8-9,12,14-15,21H,5-7,10-11,13,16H2,1-4H3,(H,24,25);1H. The van der Waals surface area contributed by atoms with Crippen molar-refractivity contribution < 1.29 is 9.13 Å². The van der Waals surface area contributed by atoms with E-state index >= 15 is 0 Å². The molecular formula is C22H34FIN6O. The average molecular weight is 544 g/mol. The van der Waals surface area contributed by atoms with Crippen molar-refractivity contribution in [1.82, 2.24) is 20.0 Å². The number of nitrogens with one attached hydrogen (secondary N) is 1. The molecule has 172 valence electrons. The number of morpholine rings is 1. The van der Waals surface area contributed by atoms with Crippen LogP contribution in [-0.4, -0.2) is 60.0 Å². The van der Waals surface area contributed by atoms with E-state index in [2.05, 4.69) is 15.3 Å². The second-order valence-electron chi connectivity index (χ2n) is 7.38. The zero-order valence-corrected chi connectivity index (χ0v) is 21.2. The smallest absolute Gasteiger partial charge is 0.194 e. The Kier molecular flexibility index (Phi) is 10.0. The van der Waals surface area contributed by atoms with Crippen molar-refractivity contribution in [2.75, 3.05) is 44.2 Å². The van der Waals surface area contributed by atoms with Crippen LogP contribution in [0.4, 0.5) is 10.1 Å². The molecule has 0 bridgehead atoms. The molecule has 31 heavy (non-hydrogen) atoms. The Morgan fingerprint density at radius 3 is 2.71 bits per heavy atom. The van der Waals surface area contributed by atoms with Gasteiger partial charge in [0.25, 0.3) is 0 Å². The minimum Gasteiger partial charge on any atom is -0.370 e. The first-order chi connectivity index (χ1) is 14.5. The lowest BCUT2D eigenvalue weighted by atomic mass is 10.1. The zero-order chi connectivity index (χ0) is 21.5. The molecule has 1 atom stereocenters. The Hall–Kier alpha value is -1.88. The monoisotopic (exact) mass is 544 g/mol. The van der Waals surface area contributed by atoms with Gasteiger partial charge in [0.1, 0.15) is 11.9 Å². The van der Waals surface area contributed by atoms with Gasteiger partial charge in [-0.3, -0.25) is 4.68 Å². The van der Waals surface area contributed by atoms with Gasteiger partial charge in [-0.05, 0) is 38.5 Å². The Bertz CT molecular complexity index is 854. The largest absolute Gasteiger partial charge is 0.370 e. The number of halogens is 2. The third-order valence-electron chi connectivity index (χ3n) is 5.33. The average Bonchev–Trinajstić information content (AvgIpc) is 3.20. The molecule has 1 aliphatic heterocycles. The quantitative estimate of drug-likeness (QED) is 0.328. The molecule has 2 aromatic rings. The van der Waals surface area contributed by atoms with Gasteiger partial charge >= 0.3 is 0 Å². The fourth-order valence-electron chi connectivity index (χ4n) is 3.71. The Morgan fingerprint density at radius 2 is 2.10 bits per heavy atom. The van der Waals surface area contributed by atoms with Crippen LogP contribution in [-0.2, 0) is 18.3 Å². The number of rotatable bonds is 7. The molecule has 1 fully saturated rings. The molecule has 1 aromatic carbocycles. The maximum Gasteiger partial charge on any atom is 0.194 e. The van der Waals surface area contributed by atoms with Crippen LogP contribution in [0.1, 0.15) is 38.0 Å². The molecule has 1 aromatic heterocycles. The number of hydrogen-bond donors (Lipinski definition) is 1. The van der Waals surface area contributed by atoms with E-state index in [1.165, 1.54) is 0 Å². The van der Waals surface area contributed by atoms with Gasteiger partial charge in [-0.2, -0.15) is 5.10 Å². The zero-order valence-electron chi connectivity index (χ0n) is 18.8. The van der Waals surface area contributed by atoms with E-state index in [1.807, 2.05) is 57.2 Å². The number of aromatic nitrogens is 2. The van der Waals surface area contributed by atoms with Crippen LogP contribution in [0.25, 0.3) is 0 Å². The summed E-state index contributed by atoms with van der Waals surface area (Å²) in [6.07, 6.45) is 3.79. The molecule has 1 N–H and O–H groups in total. The minimum absolute atomic E-state index is 0. The highest BCUT2D eigenvalue weighted by Crippen LogP contribution is 2.23. The van der Waals surface area contributed by atoms with Crippen molar-refractivity contribution in [3.8, 4) is 0 Å². The predicted octanol–water partition coefficient (Wildman–Crippen LogP) is 3.56. The van der Waals surface area contributed by atoms with E-state index in [0.29, 0.717) is 25.4 Å². The second-order valence-corrected chi connectivity index (χ2v) is 7.38. The molecule has 7 nitrogen and oxygen atoms in total. The molecule has 1 saturated heterocycles. The van der Waals surface area contributed by atoms with E-state index < -0.39 is 0 Å². The van der Waals surface area contributed by atoms with Gasteiger partial charge in [0.2, 0.25) is 0 Å². The van der Waals surface area contributed by atoms with Crippen LogP contribution in [0, 0.1) is 5.82 Å². The van der Waals surface area contributed by atoms with Gasteiger partial charge in [0.05, 0.1) is 31.6 Å². The summed E-state index contributed by atoms with van der Waals surface area (Å²) in [5.74, 6) is 0.627. The maximum absolute atomic E-state index is 14.6. The maximum atomic E-state index is 14.6. The van der Waals surface area contributed by atoms with Crippen LogP contribution in [0.5, 0.6) is 0 Å². The second kappa shape index (κ2) is 12.2. The van der Waals surface area contributed by atoms with Gasteiger partial charge in [0, 0.05) is 45.0 Å². The lowest BCUT2D eigenvalue weighted by Crippen LogP contribution is -2.48. The highest BCUT2D eigenvalue weighted by molar-refractivity contribution is 14.0. The Balaban J connectivity index is 0.00000341. The summed E-state index contributed by atoms with van der Waals surface area (Å²) in [5.41, 5.74) is 2.56. The molecular weight excluding hydrogens is 510 g/mol. The molecule has 0 radical (unpaired) electrons. The van der Waals surface area contributed by atoms with E-state index in [9.17, 15) is 4.39 Å². The number of benzene rings is 1. The minimum atomic E-state index is -0.195. The van der Waals surface area contributed by atoms with Crippen molar-refractivity contribution in [2.24, 2.45) is 12.0 Å². The Morgan fingerprint density at radius 1 is 1.32 bits per heavy atom. The van der Waals surface area contributed by atoms with Crippen LogP contribution in [0.3, 0.4) is 0 Å². The third-order valence-corrected chi connectivity index (χ3v) is 5.33. The summed E-state index contributed by atoms with van der Waals surface area (Å²) in [6, 6.07) is 5.41. The highest BCUT2D eigenvalue weighted by Gasteiger charge is 2.25. The van der Waals surface area contributed by atoms with E-state index in [-0.39, 0.29) is 35.9 Å². The fraction of sp³-hybridized carbons (Fsp3) is 0.545. The predicted molar refractivity (Wildman–Crippen MR) is 134 cm³/mol. The van der Waals surface area contributed by atoms with Crippen molar-refractivity contribution in [3.63, 3.8) is 0 Å². The van der Waals surface area contributed by atoms with Crippen LogP contribution < -0.4 is 10.2 Å². The van der Waals surface area contributed by atoms with Gasteiger partial charge in [-0.15, -0.1) is 24.0 Å². The molecule has 1 aliphatic rings. The van der Waals surface area contributed by atoms with Gasteiger partial charge in [0.15, 0.2) is 5.96 Å². The molecule has 3 rings (SSSR count). The van der Waals surface area contributed by atoms with Gasteiger partial charge < -0.3 is 19.9 Å². The van der Waals surface area contributed by atoms with Crippen molar-refractivity contribution in [2.45, 2.75) is 33.4 Å². The lowest BCUT2D eigenvalue weighted by Gasteiger charge is -2.34. The van der Waals surface area contributed by atoms with Crippen LogP contribution in [0.15, 0.2) is 35.6 Å². The summed E-state index contributed by atoms with van der Waals surface area (Å²) in [4.78, 5) is 8.98. The number of nitrogens with zero attached hydrogens (tertiary/aromatic N) is 5. The summed E-state index contributed by atoms with van der Waals surface area (Å²) >= 11 is 0. The molecule has 0 amide bonds. The number of guanidine groups is 1. The topological polar surface area (TPSA) is 57.9 Å². The molecule has 9 heteroatoms. The number of hydrogen-bond acceptors (Lipinski definition) is 4. The molecule has 2 heterocycles. The third kappa shape index (κ3) is 6.55. The number of aliphatic imine (C=N–C) groups is 1. The van der Waals surface area contributed by atoms with E-state index in [4.69, 9.17) is 9.73 Å². The van der Waals surface area contributed by atoms with Crippen molar-refractivity contribution in [3.05, 3.63) is 47.5 Å². The molecule has 0 spiro atoms. The summed E-state index contributed by atoms with van der Waals surface area (Å²) in [5, 5.41) is 7.61. The summed E-state index contributed by atoms with van der Waals surface area (Å²) in [7, 11) is 1.90. The summed E-state index contributed by atoms with van der Waals surface area (Å²) in [6.45, 7) is 11.0. The molecule has 0 saturated carbocycles. The molecule has 0 aliphatic carbocycles. The van der Waals surface area contributed by atoms with Gasteiger partial charge in [-0.25, -0.2) is 9.38 Å². The van der Waals surface area contributed by atoms with Crippen LogP contribution >= 0.6 is 24.0 Å². The highest BCUT2D eigenvalue weighted by atomic mass is 127. The fourth-order valence-corrected chi connectivity index (χ4v) is 3.71. The first-order valence-electron chi connectivity index (χ1n) is 10.7. The Labute approximate surface area is 201 Å². The van der Waals surface area contributed by atoms with Crippen LogP contribution in [0.2, 0.25) is 0 Å². The van der Waals surface area contributed by atoms with E-state index in [1.54, 1.807) is 10.7 Å². The number of ether oxygens (including phenoxy) is 1. The van der Waals surface area contributed by atoms with E-state index in [0.717, 1.165) is 43.3 Å². The summed E-state index contributed by atoms with van der Waals surface area (Å²) < 4.78 is 22.3. The molecule has 1 unspecified atom stereocenters.